The molecule has 24 heavy (non-hydrogen) atoms. The predicted molar refractivity (Wildman–Crippen MR) is 103 cm³/mol. The number of methoxy groups -OCH3 is 1. The lowest BCUT2D eigenvalue weighted by atomic mass is 10.0. The smallest absolute Gasteiger partial charge is 0.126 e. The van der Waals surface area contributed by atoms with E-state index in [4.69, 9.17) is 4.74 Å². The van der Waals surface area contributed by atoms with E-state index in [9.17, 15) is 0 Å². The van der Waals surface area contributed by atoms with E-state index in [1.165, 1.54) is 27.1 Å². The predicted octanol–water partition coefficient (Wildman–Crippen LogP) is 6.17. The molecule has 0 aliphatic heterocycles. The van der Waals surface area contributed by atoms with Crippen molar-refractivity contribution in [2.45, 2.75) is 0 Å². The van der Waals surface area contributed by atoms with Crippen LogP contribution in [0, 0.1) is 0 Å². The third-order valence-corrected chi connectivity index (χ3v) is 4.40. The third kappa shape index (κ3) is 2.55. The van der Waals surface area contributed by atoms with E-state index >= 15 is 0 Å². The number of fused-ring (bicyclic) bond motifs is 2. The molecule has 0 amide bonds. The molecule has 4 aromatic rings. The lowest BCUT2D eigenvalue weighted by Gasteiger charge is -2.09. The van der Waals surface area contributed by atoms with Gasteiger partial charge in [0, 0.05) is 5.56 Å². The van der Waals surface area contributed by atoms with Crippen molar-refractivity contribution in [3.63, 3.8) is 0 Å². The van der Waals surface area contributed by atoms with Crippen LogP contribution in [-0.4, -0.2) is 7.11 Å². The van der Waals surface area contributed by atoms with Gasteiger partial charge >= 0.3 is 0 Å². The van der Waals surface area contributed by atoms with Gasteiger partial charge in [0.05, 0.1) is 7.11 Å². The lowest BCUT2D eigenvalue weighted by Crippen LogP contribution is -1.88. The first kappa shape index (κ1) is 14.5. The quantitative estimate of drug-likeness (QED) is 0.411. The zero-order chi connectivity index (χ0) is 16.4. The molecule has 0 aliphatic carbocycles. The Morgan fingerprint density at radius 2 is 1.29 bits per heavy atom. The van der Waals surface area contributed by atoms with Gasteiger partial charge in [-0.3, -0.25) is 0 Å². The van der Waals surface area contributed by atoms with Gasteiger partial charge in [-0.1, -0.05) is 84.9 Å². The monoisotopic (exact) mass is 310 g/mol. The van der Waals surface area contributed by atoms with Crippen molar-refractivity contribution in [2.24, 2.45) is 0 Å². The summed E-state index contributed by atoms with van der Waals surface area (Å²) in [7, 11) is 1.72. The summed E-state index contributed by atoms with van der Waals surface area (Å²) >= 11 is 0. The zero-order valence-corrected chi connectivity index (χ0v) is 13.6. The summed E-state index contributed by atoms with van der Waals surface area (Å²) < 4.78 is 5.58. The Morgan fingerprint density at radius 1 is 0.625 bits per heavy atom. The fraction of sp³-hybridized carbons (Fsp3) is 0.0435. The maximum Gasteiger partial charge on any atom is 0.126 e. The zero-order valence-electron chi connectivity index (χ0n) is 13.6. The molecule has 0 radical (unpaired) electrons. The average Bonchev–Trinajstić information content (AvgIpc) is 2.66. The summed E-state index contributed by atoms with van der Waals surface area (Å²) in [5, 5.41) is 4.93. The molecule has 1 heteroatoms. The summed E-state index contributed by atoms with van der Waals surface area (Å²) in [5.74, 6) is 0.894. The minimum Gasteiger partial charge on any atom is -0.496 e. The van der Waals surface area contributed by atoms with E-state index in [2.05, 4.69) is 84.9 Å². The van der Waals surface area contributed by atoms with Crippen LogP contribution in [-0.2, 0) is 0 Å². The van der Waals surface area contributed by atoms with Gasteiger partial charge in [-0.15, -0.1) is 0 Å². The van der Waals surface area contributed by atoms with Crippen LogP contribution in [0.1, 0.15) is 11.1 Å². The molecule has 0 unspecified atom stereocenters. The second-order valence-electron chi connectivity index (χ2n) is 5.80. The van der Waals surface area contributed by atoms with E-state index < -0.39 is 0 Å². The molecule has 0 saturated heterocycles. The molecule has 1 nitrogen and oxygen atoms in total. The van der Waals surface area contributed by atoms with E-state index in [1.807, 2.05) is 6.07 Å². The summed E-state index contributed by atoms with van der Waals surface area (Å²) in [4.78, 5) is 0. The third-order valence-electron chi connectivity index (χ3n) is 4.40. The summed E-state index contributed by atoms with van der Waals surface area (Å²) in [6.45, 7) is 0. The Labute approximate surface area is 141 Å². The van der Waals surface area contributed by atoms with Crippen LogP contribution in [0.2, 0.25) is 0 Å². The Bertz CT molecular complexity index is 1040. The maximum absolute atomic E-state index is 5.58. The molecule has 0 aliphatic rings. The highest BCUT2D eigenvalue weighted by molar-refractivity contribution is 5.98. The average molecular weight is 310 g/mol. The normalized spacial score (nSPS) is 11.4. The van der Waals surface area contributed by atoms with Crippen LogP contribution in [0.4, 0.5) is 0 Å². The van der Waals surface area contributed by atoms with Gasteiger partial charge in [-0.25, -0.2) is 0 Å². The largest absolute Gasteiger partial charge is 0.496 e. The number of benzene rings is 4. The Balaban J connectivity index is 1.88. The topological polar surface area (TPSA) is 9.23 Å². The Morgan fingerprint density at radius 3 is 2.08 bits per heavy atom. The van der Waals surface area contributed by atoms with Crippen LogP contribution in [0.15, 0.2) is 78.9 Å². The van der Waals surface area contributed by atoms with Crippen molar-refractivity contribution < 1.29 is 4.74 Å². The van der Waals surface area contributed by atoms with Gasteiger partial charge in [-0.2, -0.15) is 0 Å². The Kier molecular flexibility index (Phi) is 3.76. The van der Waals surface area contributed by atoms with Crippen molar-refractivity contribution >= 4 is 33.7 Å². The van der Waals surface area contributed by atoms with E-state index in [1.54, 1.807) is 7.11 Å². The first-order chi connectivity index (χ1) is 11.9. The molecule has 0 saturated carbocycles. The molecule has 0 atom stereocenters. The summed E-state index contributed by atoms with van der Waals surface area (Å²) in [6.07, 6.45) is 4.33. The molecule has 0 aromatic heterocycles. The number of ether oxygens (including phenoxy) is 1. The molecule has 4 rings (SSSR count). The standard InChI is InChI=1S/C23H18O/c1-24-23-16-14-19-8-3-5-12-21(19)22(23)15-13-18-10-6-9-17-7-2-4-11-20(17)18/h2-16H,1H3. The highest BCUT2D eigenvalue weighted by Gasteiger charge is 2.05. The van der Waals surface area contributed by atoms with Gasteiger partial charge in [0.15, 0.2) is 0 Å². The first-order valence-corrected chi connectivity index (χ1v) is 8.08. The fourth-order valence-electron chi connectivity index (χ4n) is 3.19. The van der Waals surface area contributed by atoms with Gasteiger partial charge in [0.1, 0.15) is 5.75 Å². The molecule has 0 spiro atoms. The van der Waals surface area contributed by atoms with Crippen LogP contribution < -0.4 is 4.74 Å². The number of hydrogen-bond acceptors (Lipinski definition) is 1. The van der Waals surface area contributed by atoms with Gasteiger partial charge in [0.25, 0.3) is 0 Å². The highest BCUT2D eigenvalue weighted by Crippen LogP contribution is 2.30. The Hall–Kier alpha value is -3.06. The summed E-state index contributed by atoms with van der Waals surface area (Å²) in [6, 6.07) is 27.4. The van der Waals surface area contributed by atoms with Crippen molar-refractivity contribution in [3.8, 4) is 5.75 Å². The molecule has 0 heterocycles. The van der Waals surface area contributed by atoms with Crippen molar-refractivity contribution in [1.82, 2.24) is 0 Å². The highest BCUT2D eigenvalue weighted by atomic mass is 16.5. The lowest BCUT2D eigenvalue weighted by molar-refractivity contribution is 0.414. The SMILES string of the molecule is COc1ccc2ccccc2c1C=Cc1cccc2ccccc12. The maximum atomic E-state index is 5.58. The van der Waals surface area contributed by atoms with Crippen molar-refractivity contribution in [2.75, 3.05) is 7.11 Å². The van der Waals surface area contributed by atoms with Gasteiger partial charge in [0.2, 0.25) is 0 Å². The summed E-state index contributed by atoms with van der Waals surface area (Å²) in [5.41, 5.74) is 2.33. The minimum absolute atomic E-state index is 0.894. The van der Waals surface area contributed by atoms with Crippen molar-refractivity contribution in [1.29, 1.82) is 0 Å². The van der Waals surface area contributed by atoms with Crippen LogP contribution in [0.5, 0.6) is 5.75 Å². The molecule has 0 N–H and O–H groups in total. The number of rotatable bonds is 3. The molecule has 116 valence electrons. The van der Waals surface area contributed by atoms with E-state index in [0.29, 0.717) is 0 Å². The second kappa shape index (κ2) is 6.21. The second-order valence-corrected chi connectivity index (χ2v) is 5.80. The fourth-order valence-corrected chi connectivity index (χ4v) is 3.19. The van der Waals surface area contributed by atoms with Crippen molar-refractivity contribution in [3.05, 3.63) is 90.0 Å². The molecular formula is C23H18O. The number of hydrogen-bond donors (Lipinski definition) is 0. The molecule has 0 bridgehead atoms. The van der Waals surface area contributed by atoms with Gasteiger partial charge in [-0.05, 0) is 33.2 Å². The molecule has 0 fully saturated rings. The molecular weight excluding hydrogens is 292 g/mol. The van der Waals surface area contributed by atoms with Crippen LogP contribution >= 0.6 is 0 Å². The van der Waals surface area contributed by atoms with Crippen LogP contribution in [0.25, 0.3) is 33.7 Å². The van der Waals surface area contributed by atoms with E-state index in [-0.39, 0.29) is 0 Å². The van der Waals surface area contributed by atoms with Gasteiger partial charge < -0.3 is 4.74 Å². The first-order valence-electron chi connectivity index (χ1n) is 8.08. The van der Waals surface area contributed by atoms with E-state index in [0.717, 1.165) is 11.3 Å². The van der Waals surface area contributed by atoms with Crippen LogP contribution in [0.3, 0.4) is 0 Å². The minimum atomic E-state index is 0.894. The molecule has 4 aromatic carbocycles.